The standard InChI is InChI=1S/C17H21N3O2/c1-2-10-18-11-12-19-17(21)14-8-9-16(20-13-14)22-15-6-4-3-5-7-15/h3-9,13,18H,2,10-12H2,1H3,(H,19,21). The van der Waals surface area contributed by atoms with Crippen molar-refractivity contribution in [2.24, 2.45) is 0 Å². The Bertz CT molecular complexity index is 570. The second kappa shape index (κ2) is 8.79. The summed E-state index contributed by atoms with van der Waals surface area (Å²) in [6.07, 6.45) is 2.60. The van der Waals surface area contributed by atoms with E-state index >= 15 is 0 Å². The number of pyridine rings is 1. The molecule has 1 aromatic carbocycles. The number of hydrogen-bond acceptors (Lipinski definition) is 4. The molecule has 2 rings (SSSR count). The molecule has 0 radical (unpaired) electrons. The maximum atomic E-state index is 11.9. The molecule has 0 bridgehead atoms. The van der Waals surface area contributed by atoms with Crippen LogP contribution in [0.3, 0.4) is 0 Å². The zero-order chi connectivity index (χ0) is 15.6. The molecule has 116 valence electrons. The van der Waals surface area contributed by atoms with E-state index in [1.807, 2.05) is 30.3 Å². The summed E-state index contributed by atoms with van der Waals surface area (Å²) >= 11 is 0. The van der Waals surface area contributed by atoms with Crippen LogP contribution < -0.4 is 15.4 Å². The van der Waals surface area contributed by atoms with Gasteiger partial charge in [-0.15, -0.1) is 0 Å². The summed E-state index contributed by atoms with van der Waals surface area (Å²) in [5.74, 6) is 1.05. The van der Waals surface area contributed by atoms with E-state index in [0.29, 0.717) is 23.7 Å². The predicted molar refractivity (Wildman–Crippen MR) is 86.2 cm³/mol. The Morgan fingerprint density at radius 3 is 2.59 bits per heavy atom. The second-order valence-electron chi connectivity index (χ2n) is 4.81. The predicted octanol–water partition coefficient (Wildman–Crippen LogP) is 2.60. The number of aromatic nitrogens is 1. The fourth-order valence-corrected chi connectivity index (χ4v) is 1.85. The number of carbonyl (C=O) groups excluding carboxylic acids is 1. The quantitative estimate of drug-likeness (QED) is 0.736. The minimum Gasteiger partial charge on any atom is -0.439 e. The summed E-state index contributed by atoms with van der Waals surface area (Å²) in [6, 6.07) is 12.8. The van der Waals surface area contributed by atoms with Crippen LogP contribution in [0, 0.1) is 0 Å². The van der Waals surface area contributed by atoms with Crippen LogP contribution in [0.5, 0.6) is 11.6 Å². The van der Waals surface area contributed by atoms with Gasteiger partial charge in [0.15, 0.2) is 0 Å². The zero-order valence-corrected chi connectivity index (χ0v) is 12.7. The number of carbonyl (C=O) groups is 1. The first-order chi connectivity index (χ1) is 10.8. The monoisotopic (exact) mass is 299 g/mol. The molecule has 1 amide bonds. The third-order valence-corrected chi connectivity index (χ3v) is 2.98. The summed E-state index contributed by atoms with van der Waals surface area (Å²) in [5, 5.41) is 6.07. The molecule has 0 fully saturated rings. The van der Waals surface area contributed by atoms with Gasteiger partial charge in [-0.05, 0) is 31.2 Å². The van der Waals surface area contributed by atoms with Crippen LogP contribution in [0.15, 0.2) is 48.7 Å². The summed E-state index contributed by atoms with van der Waals surface area (Å²) in [5.41, 5.74) is 0.524. The minimum atomic E-state index is -0.128. The molecule has 0 saturated heterocycles. The molecule has 5 nitrogen and oxygen atoms in total. The molecule has 0 aliphatic carbocycles. The fourth-order valence-electron chi connectivity index (χ4n) is 1.85. The molecule has 0 saturated carbocycles. The number of ether oxygens (including phenoxy) is 1. The summed E-state index contributed by atoms with van der Waals surface area (Å²) < 4.78 is 5.59. The van der Waals surface area contributed by atoms with Gasteiger partial charge in [-0.25, -0.2) is 4.98 Å². The van der Waals surface area contributed by atoms with Crippen molar-refractivity contribution in [2.75, 3.05) is 19.6 Å². The van der Waals surface area contributed by atoms with Gasteiger partial charge in [-0.1, -0.05) is 25.1 Å². The molecule has 2 aromatic rings. The normalized spacial score (nSPS) is 10.2. The summed E-state index contributed by atoms with van der Waals surface area (Å²) in [4.78, 5) is 16.1. The maximum Gasteiger partial charge on any atom is 0.252 e. The van der Waals surface area contributed by atoms with Gasteiger partial charge in [0, 0.05) is 25.4 Å². The number of nitrogens with zero attached hydrogens (tertiary/aromatic N) is 1. The maximum absolute atomic E-state index is 11.9. The van der Waals surface area contributed by atoms with Crippen LogP contribution in [0.4, 0.5) is 0 Å². The molecule has 1 aromatic heterocycles. The molecular formula is C17H21N3O2. The average Bonchev–Trinajstić information content (AvgIpc) is 2.56. The van der Waals surface area contributed by atoms with Crippen LogP contribution in [0.1, 0.15) is 23.7 Å². The Labute approximate surface area is 130 Å². The number of hydrogen-bond donors (Lipinski definition) is 2. The summed E-state index contributed by atoms with van der Waals surface area (Å²) in [7, 11) is 0. The molecule has 0 aliphatic rings. The van der Waals surface area contributed by atoms with Crippen molar-refractivity contribution in [1.29, 1.82) is 0 Å². The van der Waals surface area contributed by atoms with Crippen molar-refractivity contribution < 1.29 is 9.53 Å². The highest BCUT2D eigenvalue weighted by atomic mass is 16.5. The van der Waals surface area contributed by atoms with Gasteiger partial charge in [-0.3, -0.25) is 4.79 Å². The van der Waals surface area contributed by atoms with Crippen LogP contribution >= 0.6 is 0 Å². The first kappa shape index (κ1) is 16.0. The molecule has 5 heteroatoms. The van der Waals surface area contributed by atoms with Gasteiger partial charge in [0.2, 0.25) is 5.88 Å². The molecule has 0 atom stereocenters. The zero-order valence-electron chi connectivity index (χ0n) is 12.7. The van der Waals surface area contributed by atoms with Crippen molar-refractivity contribution in [1.82, 2.24) is 15.6 Å². The number of amides is 1. The van der Waals surface area contributed by atoms with E-state index in [2.05, 4.69) is 22.5 Å². The van der Waals surface area contributed by atoms with Crippen molar-refractivity contribution in [3.63, 3.8) is 0 Å². The van der Waals surface area contributed by atoms with Crippen molar-refractivity contribution >= 4 is 5.91 Å². The number of rotatable bonds is 8. The molecular weight excluding hydrogens is 278 g/mol. The lowest BCUT2D eigenvalue weighted by Crippen LogP contribution is -2.32. The lowest BCUT2D eigenvalue weighted by atomic mass is 10.2. The van der Waals surface area contributed by atoms with E-state index in [9.17, 15) is 4.79 Å². The first-order valence-electron chi connectivity index (χ1n) is 7.47. The lowest BCUT2D eigenvalue weighted by Gasteiger charge is -2.07. The fraction of sp³-hybridized carbons (Fsp3) is 0.294. The van der Waals surface area contributed by atoms with E-state index in [0.717, 1.165) is 19.5 Å². The van der Waals surface area contributed by atoms with Gasteiger partial charge >= 0.3 is 0 Å². The van der Waals surface area contributed by atoms with Gasteiger partial charge in [0.1, 0.15) is 5.75 Å². The molecule has 1 heterocycles. The smallest absolute Gasteiger partial charge is 0.252 e. The minimum absolute atomic E-state index is 0.128. The highest BCUT2D eigenvalue weighted by molar-refractivity contribution is 5.93. The van der Waals surface area contributed by atoms with Crippen molar-refractivity contribution in [3.8, 4) is 11.6 Å². The molecule has 2 N–H and O–H groups in total. The topological polar surface area (TPSA) is 63.2 Å². The molecule has 0 spiro atoms. The Kier molecular flexibility index (Phi) is 6.39. The SMILES string of the molecule is CCCNCCNC(=O)c1ccc(Oc2ccccc2)nc1. The third kappa shape index (κ3) is 5.18. The van der Waals surface area contributed by atoms with Gasteiger partial charge in [-0.2, -0.15) is 0 Å². The number of nitrogens with one attached hydrogen (secondary N) is 2. The van der Waals surface area contributed by atoms with Gasteiger partial charge in [0.05, 0.1) is 5.56 Å². The van der Waals surface area contributed by atoms with E-state index < -0.39 is 0 Å². The van der Waals surface area contributed by atoms with Crippen LogP contribution in [-0.2, 0) is 0 Å². The van der Waals surface area contributed by atoms with Crippen LogP contribution in [-0.4, -0.2) is 30.5 Å². The first-order valence-corrected chi connectivity index (χ1v) is 7.47. The Balaban J connectivity index is 1.82. The van der Waals surface area contributed by atoms with E-state index in [-0.39, 0.29) is 5.91 Å². The highest BCUT2D eigenvalue weighted by Gasteiger charge is 2.06. The van der Waals surface area contributed by atoms with Crippen molar-refractivity contribution in [2.45, 2.75) is 13.3 Å². The Morgan fingerprint density at radius 2 is 1.91 bits per heavy atom. The molecule has 0 unspecified atom stereocenters. The highest BCUT2D eigenvalue weighted by Crippen LogP contribution is 2.18. The number of para-hydroxylation sites is 1. The van der Waals surface area contributed by atoms with Gasteiger partial charge in [0.25, 0.3) is 5.91 Å². The summed E-state index contributed by atoms with van der Waals surface area (Å²) in [6.45, 7) is 4.43. The molecule has 0 aliphatic heterocycles. The number of benzene rings is 1. The van der Waals surface area contributed by atoms with Crippen LogP contribution in [0.25, 0.3) is 0 Å². The van der Waals surface area contributed by atoms with Gasteiger partial charge < -0.3 is 15.4 Å². The average molecular weight is 299 g/mol. The van der Waals surface area contributed by atoms with E-state index in [4.69, 9.17) is 4.74 Å². The second-order valence-corrected chi connectivity index (χ2v) is 4.81. The lowest BCUT2D eigenvalue weighted by molar-refractivity contribution is 0.0953. The largest absolute Gasteiger partial charge is 0.439 e. The third-order valence-electron chi connectivity index (χ3n) is 2.98. The van der Waals surface area contributed by atoms with Crippen molar-refractivity contribution in [3.05, 3.63) is 54.2 Å². The Morgan fingerprint density at radius 1 is 1.09 bits per heavy atom. The molecule has 22 heavy (non-hydrogen) atoms. The van der Waals surface area contributed by atoms with E-state index in [1.54, 1.807) is 12.1 Å². The van der Waals surface area contributed by atoms with E-state index in [1.165, 1.54) is 6.20 Å². The van der Waals surface area contributed by atoms with Crippen LogP contribution in [0.2, 0.25) is 0 Å². The Hall–Kier alpha value is -2.40.